The Kier molecular flexibility index (Phi) is 14.6. The van der Waals surface area contributed by atoms with Crippen LogP contribution >= 0.6 is 0 Å². The van der Waals surface area contributed by atoms with Crippen LogP contribution in [0.3, 0.4) is 0 Å². The molecule has 0 aliphatic carbocycles. The van der Waals surface area contributed by atoms with Gasteiger partial charge in [0, 0.05) is 18.7 Å². The zero-order chi connectivity index (χ0) is 20.5. The largest absolute Gasteiger partial charge is 0.339 e. The van der Waals surface area contributed by atoms with Crippen LogP contribution in [0.2, 0.25) is 0 Å². The van der Waals surface area contributed by atoms with Crippen molar-refractivity contribution in [3.8, 4) is 0 Å². The number of unbranched alkanes of at least 4 members (excludes halogenated alkanes) is 12. The number of benzene rings is 1. The van der Waals surface area contributed by atoms with Gasteiger partial charge in [0.05, 0.1) is 0 Å². The Bertz CT molecular complexity index is 482. The van der Waals surface area contributed by atoms with Crippen molar-refractivity contribution in [3.05, 3.63) is 35.6 Å². The van der Waals surface area contributed by atoms with Crippen LogP contribution in [0.4, 0.5) is 4.39 Å². The first kappa shape index (κ1) is 24.7. The molecular weight excluding hydrogens is 349 g/mol. The standard InChI is InChI=1S/C25H42FNO/c1-3-5-7-9-11-13-15-21-27(22-16-14-12-10-8-6-4-2)25(28)23-17-19-24(26)20-18-23/h17-20H,3-16,21-22H2,1-2H3. The van der Waals surface area contributed by atoms with Crippen LogP contribution in [0.15, 0.2) is 24.3 Å². The quantitative estimate of drug-likeness (QED) is 0.248. The molecule has 0 atom stereocenters. The fourth-order valence-corrected chi connectivity index (χ4v) is 3.61. The van der Waals surface area contributed by atoms with Gasteiger partial charge in [0.2, 0.25) is 0 Å². The van der Waals surface area contributed by atoms with E-state index in [0.717, 1.165) is 25.9 Å². The number of amides is 1. The summed E-state index contributed by atoms with van der Waals surface area (Å²) in [7, 11) is 0. The molecule has 3 heteroatoms. The Morgan fingerprint density at radius 1 is 0.679 bits per heavy atom. The molecule has 2 nitrogen and oxygen atoms in total. The summed E-state index contributed by atoms with van der Waals surface area (Å²) in [5.74, 6) is -0.237. The molecule has 0 aromatic heterocycles. The summed E-state index contributed by atoms with van der Waals surface area (Å²) < 4.78 is 13.2. The molecule has 1 rings (SSSR count). The number of hydrogen-bond donors (Lipinski definition) is 0. The van der Waals surface area contributed by atoms with E-state index in [1.54, 1.807) is 12.1 Å². The summed E-state index contributed by atoms with van der Waals surface area (Å²) in [4.78, 5) is 14.9. The summed E-state index contributed by atoms with van der Waals surface area (Å²) in [6.45, 7) is 6.12. The van der Waals surface area contributed by atoms with Crippen molar-refractivity contribution in [2.75, 3.05) is 13.1 Å². The molecule has 0 radical (unpaired) electrons. The Hall–Kier alpha value is -1.38. The number of carbonyl (C=O) groups excluding carboxylic acids is 1. The number of nitrogens with zero attached hydrogens (tertiary/aromatic N) is 1. The highest BCUT2D eigenvalue weighted by Gasteiger charge is 2.15. The number of rotatable bonds is 17. The van der Waals surface area contributed by atoms with Gasteiger partial charge in [-0.05, 0) is 37.1 Å². The lowest BCUT2D eigenvalue weighted by molar-refractivity contribution is 0.0749. The summed E-state index contributed by atoms with van der Waals surface area (Å²) in [6, 6.07) is 5.99. The minimum Gasteiger partial charge on any atom is -0.339 e. The molecule has 0 bridgehead atoms. The van der Waals surface area contributed by atoms with Gasteiger partial charge < -0.3 is 4.90 Å². The number of carbonyl (C=O) groups is 1. The maximum Gasteiger partial charge on any atom is 0.253 e. The van der Waals surface area contributed by atoms with Gasteiger partial charge in [0.25, 0.3) is 5.91 Å². The SMILES string of the molecule is CCCCCCCCCN(CCCCCCCCC)C(=O)c1ccc(F)cc1. The van der Waals surface area contributed by atoms with Crippen LogP contribution in [0.25, 0.3) is 0 Å². The second-order valence-corrected chi connectivity index (χ2v) is 8.04. The molecule has 1 aromatic carbocycles. The van der Waals surface area contributed by atoms with Gasteiger partial charge >= 0.3 is 0 Å². The highest BCUT2D eigenvalue weighted by molar-refractivity contribution is 5.94. The predicted molar refractivity (Wildman–Crippen MR) is 118 cm³/mol. The van der Waals surface area contributed by atoms with Gasteiger partial charge in [-0.2, -0.15) is 0 Å². The summed E-state index contributed by atoms with van der Waals surface area (Å²) in [5.41, 5.74) is 0.604. The second kappa shape index (κ2) is 16.6. The van der Waals surface area contributed by atoms with Crippen LogP contribution < -0.4 is 0 Å². The zero-order valence-electron chi connectivity index (χ0n) is 18.4. The lowest BCUT2D eigenvalue weighted by Crippen LogP contribution is -2.33. The molecule has 0 spiro atoms. The van der Waals surface area contributed by atoms with E-state index in [-0.39, 0.29) is 11.7 Å². The Labute approximate surface area is 172 Å². The van der Waals surface area contributed by atoms with Gasteiger partial charge in [0.15, 0.2) is 0 Å². The van der Waals surface area contributed by atoms with Crippen molar-refractivity contribution < 1.29 is 9.18 Å². The van der Waals surface area contributed by atoms with Crippen molar-refractivity contribution >= 4 is 5.91 Å². The molecule has 160 valence electrons. The fraction of sp³-hybridized carbons (Fsp3) is 0.720. The molecule has 1 aromatic rings. The van der Waals surface area contributed by atoms with Crippen molar-refractivity contribution in [1.82, 2.24) is 4.90 Å². The molecule has 0 unspecified atom stereocenters. The molecule has 0 aliphatic heterocycles. The van der Waals surface area contributed by atoms with Crippen molar-refractivity contribution in [3.63, 3.8) is 0 Å². The molecule has 0 saturated heterocycles. The van der Waals surface area contributed by atoms with Crippen molar-refractivity contribution in [2.45, 2.75) is 104 Å². The molecule has 1 amide bonds. The van der Waals surface area contributed by atoms with Crippen LogP contribution in [-0.4, -0.2) is 23.9 Å². The van der Waals surface area contributed by atoms with Crippen LogP contribution in [0.1, 0.15) is 114 Å². The van der Waals surface area contributed by atoms with E-state index < -0.39 is 0 Å². The van der Waals surface area contributed by atoms with E-state index in [1.165, 1.54) is 89.2 Å². The molecule has 0 saturated carbocycles. The van der Waals surface area contributed by atoms with E-state index in [9.17, 15) is 9.18 Å². The molecular formula is C25H42FNO. The van der Waals surface area contributed by atoms with Gasteiger partial charge in [0.1, 0.15) is 5.82 Å². The minimum absolute atomic E-state index is 0.0527. The first-order valence-electron chi connectivity index (χ1n) is 11.7. The lowest BCUT2D eigenvalue weighted by atomic mass is 10.1. The summed E-state index contributed by atoms with van der Waals surface area (Å²) in [6.07, 6.45) is 17.5. The Morgan fingerprint density at radius 2 is 1.07 bits per heavy atom. The molecule has 0 N–H and O–H groups in total. The molecule has 28 heavy (non-hydrogen) atoms. The Morgan fingerprint density at radius 3 is 1.50 bits per heavy atom. The first-order chi connectivity index (χ1) is 13.7. The molecule has 0 fully saturated rings. The number of hydrogen-bond acceptors (Lipinski definition) is 1. The van der Waals surface area contributed by atoms with Gasteiger partial charge in [-0.25, -0.2) is 4.39 Å². The number of halogens is 1. The van der Waals surface area contributed by atoms with E-state index in [0.29, 0.717) is 5.56 Å². The highest BCUT2D eigenvalue weighted by atomic mass is 19.1. The van der Waals surface area contributed by atoms with Crippen molar-refractivity contribution in [2.24, 2.45) is 0 Å². The molecule has 0 heterocycles. The fourth-order valence-electron chi connectivity index (χ4n) is 3.61. The van der Waals surface area contributed by atoms with Crippen molar-refractivity contribution in [1.29, 1.82) is 0 Å². The van der Waals surface area contributed by atoms with Crippen LogP contribution in [0.5, 0.6) is 0 Å². The third-order valence-corrected chi connectivity index (χ3v) is 5.44. The predicted octanol–water partition coefficient (Wildman–Crippen LogP) is 7.77. The average molecular weight is 392 g/mol. The topological polar surface area (TPSA) is 20.3 Å². The van der Waals surface area contributed by atoms with Gasteiger partial charge in [-0.3, -0.25) is 4.79 Å². The third-order valence-electron chi connectivity index (χ3n) is 5.44. The zero-order valence-corrected chi connectivity index (χ0v) is 18.4. The smallest absolute Gasteiger partial charge is 0.253 e. The summed E-state index contributed by atoms with van der Waals surface area (Å²) >= 11 is 0. The lowest BCUT2D eigenvalue weighted by Gasteiger charge is -2.23. The minimum atomic E-state index is -0.290. The average Bonchev–Trinajstić information content (AvgIpc) is 2.71. The van der Waals surface area contributed by atoms with E-state index in [4.69, 9.17) is 0 Å². The van der Waals surface area contributed by atoms with Crippen LogP contribution in [-0.2, 0) is 0 Å². The van der Waals surface area contributed by atoms with E-state index in [1.807, 2.05) is 4.90 Å². The molecule has 0 aliphatic rings. The summed E-state index contributed by atoms with van der Waals surface area (Å²) in [5, 5.41) is 0. The first-order valence-corrected chi connectivity index (χ1v) is 11.7. The van der Waals surface area contributed by atoms with Gasteiger partial charge in [-0.15, -0.1) is 0 Å². The monoisotopic (exact) mass is 391 g/mol. The van der Waals surface area contributed by atoms with E-state index in [2.05, 4.69) is 13.8 Å². The maximum absolute atomic E-state index is 13.2. The second-order valence-electron chi connectivity index (χ2n) is 8.04. The van der Waals surface area contributed by atoms with Crippen LogP contribution in [0, 0.1) is 5.82 Å². The Balaban J connectivity index is 2.40. The van der Waals surface area contributed by atoms with E-state index >= 15 is 0 Å². The normalized spacial score (nSPS) is 11.0. The third kappa shape index (κ3) is 11.5. The van der Waals surface area contributed by atoms with Gasteiger partial charge in [-0.1, -0.05) is 90.9 Å². The maximum atomic E-state index is 13.2. The highest BCUT2D eigenvalue weighted by Crippen LogP contribution is 2.13.